The molecule has 5 nitrogen and oxygen atoms in total. The van der Waals surface area contributed by atoms with Crippen LogP contribution in [-0.4, -0.2) is 34.0 Å². The minimum atomic E-state index is -1.55. The number of hydrogen-bond donors (Lipinski definition) is 2. The SMILES string of the molecule is O=C(OO)OO.[AlH3].[H-].[Na+]. The molecule has 0 amide bonds. The molecule has 0 atom stereocenters. The molecule has 0 unspecified atom stereocenters. The van der Waals surface area contributed by atoms with Crippen LogP contribution in [-0.2, 0) is 9.78 Å². The minimum absolute atomic E-state index is 0. The van der Waals surface area contributed by atoms with Crippen LogP contribution in [0.3, 0.4) is 0 Å². The average Bonchev–Trinajstić information content (AvgIpc) is 1.65. The Kier molecular flexibility index (Phi) is 21.2. The topological polar surface area (TPSA) is 76.0 Å². The van der Waals surface area contributed by atoms with E-state index in [0.717, 1.165) is 0 Å². The van der Waals surface area contributed by atoms with Crippen LogP contribution in [0.2, 0.25) is 0 Å². The van der Waals surface area contributed by atoms with Crippen LogP contribution in [0.15, 0.2) is 0 Å². The smallest absolute Gasteiger partial charge is 1.00 e. The fourth-order valence-electron chi connectivity index (χ4n) is 0.0167. The normalized spacial score (nSPS) is 5.25. The van der Waals surface area contributed by atoms with Gasteiger partial charge in [0.1, 0.15) is 0 Å². The van der Waals surface area contributed by atoms with E-state index in [-0.39, 0.29) is 48.3 Å². The first-order valence-electron chi connectivity index (χ1n) is 0.978. The van der Waals surface area contributed by atoms with E-state index in [0.29, 0.717) is 0 Å². The van der Waals surface area contributed by atoms with Gasteiger partial charge in [-0.25, -0.2) is 0 Å². The second-order valence-electron chi connectivity index (χ2n) is 0.433. The van der Waals surface area contributed by atoms with Gasteiger partial charge in [0.25, 0.3) is 0 Å². The Bertz CT molecular complexity index is 54.9. The summed E-state index contributed by atoms with van der Waals surface area (Å²) in [5.41, 5.74) is 0. The summed E-state index contributed by atoms with van der Waals surface area (Å²) in [6.45, 7) is 0. The maximum absolute atomic E-state index is 9.24. The van der Waals surface area contributed by atoms with Crippen molar-refractivity contribution in [3.05, 3.63) is 0 Å². The molecule has 0 aliphatic heterocycles. The number of rotatable bonds is 0. The molecule has 0 fully saturated rings. The van der Waals surface area contributed by atoms with E-state index in [9.17, 15) is 4.79 Å². The summed E-state index contributed by atoms with van der Waals surface area (Å²) in [5, 5.41) is 14.4. The first-order chi connectivity index (χ1) is 2.81. The second-order valence-corrected chi connectivity index (χ2v) is 0.433. The molecule has 8 heavy (non-hydrogen) atoms. The van der Waals surface area contributed by atoms with Gasteiger partial charge in [0.05, 0.1) is 0 Å². The molecule has 2 N–H and O–H groups in total. The summed E-state index contributed by atoms with van der Waals surface area (Å²) in [5.74, 6) is 0. The number of carbonyl (C=O) groups is 1. The summed E-state index contributed by atoms with van der Waals surface area (Å²) < 4.78 is 0. The Morgan fingerprint density at radius 1 is 1.38 bits per heavy atom. The standard InChI is InChI=1S/CH2O5.Al.Na.4H/c2-1(5-3)6-4;;;;;;/h3-4H;;;;;;/q;;+1;;;;-1. The van der Waals surface area contributed by atoms with E-state index < -0.39 is 6.16 Å². The van der Waals surface area contributed by atoms with E-state index >= 15 is 0 Å². The fourth-order valence-corrected chi connectivity index (χ4v) is 0.0167. The van der Waals surface area contributed by atoms with Crippen LogP contribution in [0, 0.1) is 0 Å². The van der Waals surface area contributed by atoms with Gasteiger partial charge in [0.2, 0.25) is 0 Å². The van der Waals surface area contributed by atoms with Gasteiger partial charge in [-0.2, -0.15) is 15.3 Å². The monoisotopic (exact) mass is 148 g/mol. The van der Waals surface area contributed by atoms with E-state index in [1.807, 2.05) is 0 Å². The molecule has 44 valence electrons. The quantitative estimate of drug-likeness (QED) is 0.208. The van der Waals surface area contributed by atoms with Gasteiger partial charge in [-0.05, 0) is 0 Å². The summed E-state index contributed by atoms with van der Waals surface area (Å²) in [7, 11) is 0. The van der Waals surface area contributed by atoms with Crippen molar-refractivity contribution < 1.29 is 56.1 Å². The van der Waals surface area contributed by atoms with Crippen LogP contribution in [0.25, 0.3) is 0 Å². The van der Waals surface area contributed by atoms with Crippen molar-refractivity contribution >= 4 is 23.5 Å². The third-order valence-electron chi connectivity index (χ3n) is 0.149. The van der Waals surface area contributed by atoms with Gasteiger partial charge in [-0.1, -0.05) is 0 Å². The molecular weight excluding hydrogens is 142 g/mol. The van der Waals surface area contributed by atoms with E-state index in [1.165, 1.54) is 0 Å². The zero-order valence-electron chi connectivity index (χ0n) is 4.62. The Hall–Kier alpha value is 0.722. The molecular formula is CH6AlNaO5. The van der Waals surface area contributed by atoms with E-state index in [2.05, 4.69) is 9.78 Å². The molecule has 0 spiro atoms. The van der Waals surface area contributed by atoms with Crippen molar-refractivity contribution in [1.82, 2.24) is 0 Å². The third kappa shape index (κ3) is 9.87. The Balaban J connectivity index is -0.0000000417. The van der Waals surface area contributed by atoms with Crippen molar-refractivity contribution in [2.45, 2.75) is 0 Å². The first kappa shape index (κ1) is 15.9. The molecule has 0 aliphatic carbocycles. The van der Waals surface area contributed by atoms with E-state index in [4.69, 9.17) is 10.5 Å². The van der Waals surface area contributed by atoms with Gasteiger partial charge in [0, 0.05) is 0 Å². The third-order valence-corrected chi connectivity index (χ3v) is 0.149. The molecule has 0 aromatic rings. The number of carbonyl (C=O) groups excluding carboxylic acids is 1. The second kappa shape index (κ2) is 10.7. The van der Waals surface area contributed by atoms with Gasteiger partial charge >= 0.3 is 35.7 Å². The van der Waals surface area contributed by atoms with Crippen molar-refractivity contribution in [3.63, 3.8) is 0 Å². The zero-order chi connectivity index (χ0) is 4.99. The van der Waals surface area contributed by atoms with Crippen molar-refractivity contribution in [2.24, 2.45) is 0 Å². The largest absolute Gasteiger partial charge is 1.00 e. The molecule has 0 heterocycles. The van der Waals surface area contributed by atoms with Crippen molar-refractivity contribution in [1.29, 1.82) is 0 Å². The predicted molar refractivity (Wildman–Crippen MR) is 23.9 cm³/mol. The van der Waals surface area contributed by atoms with Crippen LogP contribution in [0.4, 0.5) is 4.79 Å². The predicted octanol–water partition coefficient (Wildman–Crippen LogP) is -3.98. The number of hydrogen-bond acceptors (Lipinski definition) is 5. The molecule has 0 saturated heterocycles. The molecule has 7 heteroatoms. The maximum atomic E-state index is 9.24. The Morgan fingerprint density at radius 3 is 1.62 bits per heavy atom. The van der Waals surface area contributed by atoms with Crippen molar-refractivity contribution in [3.8, 4) is 0 Å². The fraction of sp³-hybridized carbons (Fsp3) is 0. The molecule has 0 rings (SSSR count). The molecule has 0 aromatic carbocycles. The van der Waals surface area contributed by atoms with Gasteiger partial charge < -0.3 is 1.43 Å². The van der Waals surface area contributed by atoms with Crippen molar-refractivity contribution in [2.75, 3.05) is 0 Å². The Labute approximate surface area is 79.3 Å². The van der Waals surface area contributed by atoms with Gasteiger partial charge in [0.15, 0.2) is 17.4 Å². The molecule has 0 aromatic heterocycles. The summed E-state index contributed by atoms with van der Waals surface area (Å²) in [6, 6.07) is 0. The van der Waals surface area contributed by atoms with Gasteiger partial charge in [-0.3, -0.25) is 9.78 Å². The molecule has 0 saturated carbocycles. The van der Waals surface area contributed by atoms with Crippen LogP contribution in [0.1, 0.15) is 1.43 Å². The molecule has 0 radical (unpaired) electrons. The van der Waals surface area contributed by atoms with Crippen LogP contribution < -0.4 is 29.6 Å². The molecule has 0 bridgehead atoms. The zero-order valence-corrected chi connectivity index (χ0v) is 5.62. The Morgan fingerprint density at radius 2 is 1.62 bits per heavy atom. The van der Waals surface area contributed by atoms with Crippen LogP contribution >= 0.6 is 0 Å². The minimum Gasteiger partial charge on any atom is -1.00 e. The van der Waals surface area contributed by atoms with Crippen LogP contribution in [0.5, 0.6) is 0 Å². The first-order valence-corrected chi connectivity index (χ1v) is 0.978. The van der Waals surface area contributed by atoms with Gasteiger partial charge in [-0.15, -0.1) is 0 Å². The average molecular weight is 148 g/mol. The summed E-state index contributed by atoms with van der Waals surface area (Å²) in [6.07, 6.45) is -1.55. The summed E-state index contributed by atoms with van der Waals surface area (Å²) in [4.78, 5) is 14.8. The van der Waals surface area contributed by atoms with E-state index in [1.54, 1.807) is 0 Å². The summed E-state index contributed by atoms with van der Waals surface area (Å²) >= 11 is 0. The molecule has 0 aliphatic rings. The maximum Gasteiger partial charge on any atom is 1.00 e.